The van der Waals surface area contributed by atoms with Gasteiger partial charge in [-0.05, 0) is 38.5 Å². The topological polar surface area (TPSA) is 64.4 Å². The number of nitrogens with one attached hydrogen (secondary N) is 1. The second-order valence-corrected chi connectivity index (χ2v) is 6.62. The molecule has 1 atom stereocenters. The second-order valence-electron chi connectivity index (χ2n) is 6.62. The van der Waals surface area contributed by atoms with Crippen molar-refractivity contribution in [3.63, 3.8) is 0 Å². The summed E-state index contributed by atoms with van der Waals surface area (Å²) in [6.07, 6.45) is 8.84. The van der Waals surface area contributed by atoms with Crippen molar-refractivity contribution in [1.82, 2.24) is 5.32 Å². The van der Waals surface area contributed by atoms with Crippen LogP contribution >= 0.6 is 0 Å². The Hall–Kier alpha value is -0.610. The van der Waals surface area contributed by atoms with Crippen molar-refractivity contribution in [2.75, 3.05) is 6.61 Å². The summed E-state index contributed by atoms with van der Waals surface area (Å²) in [4.78, 5) is 12.5. The monoisotopic (exact) mass is 282 g/mol. The molecule has 0 aromatic carbocycles. The summed E-state index contributed by atoms with van der Waals surface area (Å²) < 4.78 is 5.96. The normalized spacial score (nSPS) is 28.9. The molecule has 4 nitrogen and oxygen atoms in total. The average Bonchev–Trinajstić information content (AvgIpc) is 2.48. The number of rotatable bonds is 4. The Morgan fingerprint density at radius 1 is 1.25 bits per heavy atom. The van der Waals surface area contributed by atoms with Gasteiger partial charge in [0.05, 0.1) is 11.1 Å². The van der Waals surface area contributed by atoms with Gasteiger partial charge in [-0.3, -0.25) is 4.79 Å². The molecule has 1 aliphatic heterocycles. The summed E-state index contributed by atoms with van der Waals surface area (Å²) in [5.74, 6) is 0.0604. The molecule has 2 aliphatic rings. The Balaban J connectivity index is 1.93. The fourth-order valence-corrected chi connectivity index (χ4v) is 3.63. The molecule has 0 aromatic rings. The standard InChI is InChI=1S/C16H30N2O2/c1-3-15(4-2)12-13(8-11-20-15)18-14(19)16(17)9-6-5-7-10-16/h13H,3-12,17H2,1-2H3,(H,18,19). The highest BCUT2D eigenvalue weighted by atomic mass is 16.5. The maximum Gasteiger partial charge on any atom is 0.240 e. The quantitative estimate of drug-likeness (QED) is 0.832. The number of amides is 1. The van der Waals surface area contributed by atoms with E-state index in [-0.39, 0.29) is 17.6 Å². The SMILES string of the molecule is CCC1(CC)CC(NC(=O)C2(N)CCCCC2)CCO1. The number of ether oxygens (including phenoxy) is 1. The number of nitrogens with two attached hydrogens (primary N) is 1. The Morgan fingerprint density at radius 2 is 1.90 bits per heavy atom. The minimum Gasteiger partial charge on any atom is -0.375 e. The molecule has 0 aromatic heterocycles. The Labute approximate surface area is 122 Å². The van der Waals surface area contributed by atoms with E-state index in [1.165, 1.54) is 6.42 Å². The van der Waals surface area contributed by atoms with E-state index in [1.54, 1.807) is 0 Å². The molecule has 3 N–H and O–H groups in total. The first kappa shape index (κ1) is 15.8. The lowest BCUT2D eigenvalue weighted by atomic mass is 9.81. The van der Waals surface area contributed by atoms with Crippen molar-refractivity contribution in [2.24, 2.45) is 5.73 Å². The van der Waals surface area contributed by atoms with E-state index >= 15 is 0 Å². The molecule has 1 amide bonds. The Morgan fingerprint density at radius 3 is 2.50 bits per heavy atom. The van der Waals surface area contributed by atoms with Crippen LogP contribution in [0.15, 0.2) is 0 Å². The number of hydrogen-bond donors (Lipinski definition) is 2. The van der Waals surface area contributed by atoms with Gasteiger partial charge in [0, 0.05) is 12.6 Å². The van der Waals surface area contributed by atoms with Crippen molar-refractivity contribution in [3.05, 3.63) is 0 Å². The molecule has 1 unspecified atom stereocenters. The Kier molecular flexibility index (Phi) is 5.08. The van der Waals surface area contributed by atoms with Crippen LogP contribution in [0.25, 0.3) is 0 Å². The summed E-state index contributed by atoms with van der Waals surface area (Å²) in [6.45, 7) is 5.07. The van der Waals surface area contributed by atoms with E-state index in [9.17, 15) is 4.79 Å². The third-order valence-electron chi connectivity index (χ3n) is 5.31. The predicted octanol–water partition coefficient (Wildman–Crippen LogP) is 2.50. The smallest absolute Gasteiger partial charge is 0.240 e. The van der Waals surface area contributed by atoms with Gasteiger partial charge >= 0.3 is 0 Å². The van der Waals surface area contributed by atoms with Crippen LogP contribution in [-0.2, 0) is 9.53 Å². The van der Waals surface area contributed by atoms with Gasteiger partial charge in [0.25, 0.3) is 0 Å². The molecule has 2 rings (SSSR count). The van der Waals surface area contributed by atoms with E-state index in [4.69, 9.17) is 10.5 Å². The fraction of sp³-hybridized carbons (Fsp3) is 0.938. The van der Waals surface area contributed by atoms with Crippen molar-refractivity contribution in [3.8, 4) is 0 Å². The first-order chi connectivity index (χ1) is 9.53. The minimum absolute atomic E-state index is 0.0511. The van der Waals surface area contributed by atoms with Crippen LogP contribution < -0.4 is 11.1 Å². The summed E-state index contributed by atoms with van der Waals surface area (Å²) in [5.41, 5.74) is 5.63. The van der Waals surface area contributed by atoms with Gasteiger partial charge in [0.1, 0.15) is 0 Å². The highest BCUT2D eigenvalue weighted by Crippen LogP contribution is 2.32. The minimum atomic E-state index is -0.627. The van der Waals surface area contributed by atoms with Gasteiger partial charge in [-0.2, -0.15) is 0 Å². The van der Waals surface area contributed by atoms with Crippen molar-refractivity contribution in [1.29, 1.82) is 0 Å². The second kappa shape index (κ2) is 6.44. The van der Waals surface area contributed by atoms with Crippen molar-refractivity contribution >= 4 is 5.91 Å². The molecular weight excluding hydrogens is 252 g/mol. The molecule has 0 bridgehead atoms. The largest absolute Gasteiger partial charge is 0.375 e. The summed E-state index contributed by atoms with van der Waals surface area (Å²) in [7, 11) is 0. The number of carbonyl (C=O) groups excluding carboxylic acids is 1. The van der Waals surface area contributed by atoms with Crippen molar-refractivity contribution in [2.45, 2.75) is 88.8 Å². The molecule has 20 heavy (non-hydrogen) atoms. The highest BCUT2D eigenvalue weighted by Gasteiger charge is 2.39. The zero-order valence-electron chi connectivity index (χ0n) is 13.0. The lowest BCUT2D eigenvalue weighted by molar-refractivity contribution is -0.132. The van der Waals surface area contributed by atoms with Gasteiger partial charge in [-0.1, -0.05) is 33.1 Å². The molecule has 1 saturated carbocycles. The maximum absolute atomic E-state index is 12.5. The van der Waals surface area contributed by atoms with Crippen LogP contribution in [0, 0.1) is 0 Å². The van der Waals surface area contributed by atoms with Gasteiger partial charge in [-0.15, -0.1) is 0 Å². The lowest BCUT2D eigenvalue weighted by Gasteiger charge is -2.41. The van der Waals surface area contributed by atoms with Crippen LogP contribution in [0.1, 0.15) is 71.6 Å². The van der Waals surface area contributed by atoms with E-state index in [0.29, 0.717) is 0 Å². The molecular formula is C16H30N2O2. The molecule has 1 aliphatic carbocycles. The van der Waals surface area contributed by atoms with Crippen LogP contribution in [0.2, 0.25) is 0 Å². The van der Waals surface area contributed by atoms with E-state index in [0.717, 1.165) is 58.0 Å². The molecule has 1 heterocycles. The molecule has 1 saturated heterocycles. The van der Waals surface area contributed by atoms with Gasteiger partial charge in [0.2, 0.25) is 5.91 Å². The first-order valence-electron chi connectivity index (χ1n) is 8.27. The summed E-state index contributed by atoms with van der Waals surface area (Å²) in [6, 6.07) is 0.221. The maximum atomic E-state index is 12.5. The summed E-state index contributed by atoms with van der Waals surface area (Å²) >= 11 is 0. The molecule has 0 spiro atoms. The van der Waals surface area contributed by atoms with Crippen LogP contribution in [0.5, 0.6) is 0 Å². The number of hydrogen-bond acceptors (Lipinski definition) is 3. The zero-order chi connectivity index (χ0) is 14.6. The molecule has 4 heteroatoms. The van der Waals surface area contributed by atoms with Gasteiger partial charge < -0.3 is 15.8 Å². The van der Waals surface area contributed by atoms with Crippen LogP contribution in [0.4, 0.5) is 0 Å². The average molecular weight is 282 g/mol. The Bertz CT molecular complexity index is 333. The molecule has 116 valence electrons. The van der Waals surface area contributed by atoms with E-state index < -0.39 is 5.54 Å². The predicted molar refractivity (Wildman–Crippen MR) is 80.4 cm³/mol. The molecule has 2 fully saturated rings. The molecule has 0 radical (unpaired) electrons. The van der Waals surface area contributed by atoms with E-state index in [1.807, 2.05) is 0 Å². The first-order valence-corrected chi connectivity index (χ1v) is 8.27. The van der Waals surface area contributed by atoms with Crippen LogP contribution in [-0.4, -0.2) is 29.7 Å². The third kappa shape index (κ3) is 3.34. The fourth-order valence-electron chi connectivity index (χ4n) is 3.63. The highest BCUT2D eigenvalue weighted by molar-refractivity contribution is 5.86. The van der Waals surface area contributed by atoms with Gasteiger partial charge in [-0.25, -0.2) is 0 Å². The van der Waals surface area contributed by atoms with Gasteiger partial charge in [0.15, 0.2) is 0 Å². The zero-order valence-corrected chi connectivity index (χ0v) is 13.0. The van der Waals surface area contributed by atoms with E-state index in [2.05, 4.69) is 19.2 Å². The third-order valence-corrected chi connectivity index (χ3v) is 5.31. The van der Waals surface area contributed by atoms with Crippen molar-refractivity contribution < 1.29 is 9.53 Å². The number of carbonyl (C=O) groups is 1. The summed E-state index contributed by atoms with van der Waals surface area (Å²) in [5, 5.41) is 3.21. The van der Waals surface area contributed by atoms with Crippen LogP contribution in [0.3, 0.4) is 0 Å². The lowest BCUT2D eigenvalue weighted by Crippen LogP contribution is -2.59.